The molecule has 4 aliphatic heterocycles. The number of aliphatic carboxylic acids is 2. The average Bonchev–Trinajstić information content (AvgIpc) is 0.761. The Hall–Kier alpha value is -3.65. The number of aliphatic hydroxyl groups is 16. The number of amides is 3. The van der Waals surface area contributed by atoms with Crippen LogP contribution in [0.5, 0.6) is 0 Å². The molecular formula is C76H139N3O32. The molecule has 650 valence electrons. The van der Waals surface area contributed by atoms with Crippen LogP contribution in [0.2, 0.25) is 0 Å². The number of carbonyl (C=O) groups is 5. The second-order valence-corrected chi connectivity index (χ2v) is 30.6. The third-order valence-electron chi connectivity index (χ3n) is 21.6. The molecule has 4 fully saturated rings. The molecule has 26 unspecified atom stereocenters. The molecule has 4 saturated heterocycles. The first-order valence-corrected chi connectivity index (χ1v) is 40.8. The topological polar surface area (TPSA) is 569 Å². The summed E-state index contributed by atoms with van der Waals surface area (Å²) in [6.45, 7) is -1.06. The van der Waals surface area contributed by atoms with Crippen molar-refractivity contribution in [3.8, 4) is 0 Å². The molecule has 21 N–H and O–H groups in total. The van der Waals surface area contributed by atoms with Crippen molar-refractivity contribution in [2.45, 2.75) is 404 Å². The first-order chi connectivity index (χ1) is 53.1. The van der Waals surface area contributed by atoms with E-state index in [1.54, 1.807) is 0 Å². The van der Waals surface area contributed by atoms with Gasteiger partial charge in [-0.3, -0.25) is 14.4 Å². The molecule has 35 nitrogen and oxygen atoms in total. The van der Waals surface area contributed by atoms with E-state index in [2.05, 4.69) is 29.8 Å². The summed E-state index contributed by atoms with van der Waals surface area (Å²) >= 11 is 0. The van der Waals surface area contributed by atoms with E-state index in [0.717, 1.165) is 78.2 Å². The maximum atomic E-state index is 13.8. The van der Waals surface area contributed by atoms with Gasteiger partial charge in [0.1, 0.15) is 104 Å². The predicted molar refractivity (Wildman–Crippen MR) is 395 cm³/mol. The van der Waals surface area contributed by atoms with Gasteiger partial charge in [-0.1, -0.05) is 213 Å². The average molecular weight is 1610 g/mol. The van der Waals surface area contributed by atoms with Crippen LogP contribution in [0, 0.1) is 0 Å². The minimum Gasteiger partial charge on any atom is -0.477 e. The van der Waals surface area contributed by atoms with E-state index < -0.39 is 240 Å². The molecule has 0 bridgehead atoms. The summed E-state index contributed by atoms with van der Waals surface area (Å²) in [7, 11) is 1.06. The van der Waals surface area contributed by atoms with Gasteiger partial charge >= 0.3 is 11.9 Å². The Morgan fingerprint density at radius 2 is 0.937 bits per heavy atom. The van der Waals surface area contributed by atoms with Gasteiger partial charge in [-0.2, -0.15) is 0 Å². The zero-order valence-electron chi connectivity index (χ0n) is 65.6. The van der Waals surface area contributed by atoms with Gasteiger partial charge in [-0.05, 0) is 12.8 Å². The Labute approximate surface area is 652 Å². The van der Waals surface area contributed by atoms with Gasteiger partial charge in [0.15, 0.2) is 12.6 Å². The lowest BCUT2D eigenvalue weighted by Crippen LogP contribution is -2.71. The fourth-order valence-corrected chi connectivity index (χ4v) is 14.8. The molecule has 3 amide bonds. The lowest BCUT2D eigenvalue weighted by atomic mass is 9.88. The molecule has 4 rings (SSSR count). The van der Waals surface area contributed by atoms with Crippen LogP contribution >= 0.6 is 0 Å². The van der Waals surface area contributed by atoms with Crippen molar-refractivity contribution in [1.29, 1.82) is 0 Å². The van der Waals surface area contributed by atoms with Crippen LogP contribution in [0.4, 0.5) is 0 Å². The highest BCUT2D eigenvalue weighted by Gasteiger charge is 2.61. The number of carboxylic acids is 2. The Morgan fingerprint density at radius 3 is 1.39 bits per heavy atom. The summed E-state index contributed by atoms with van der Waals surface area (Å²) in [6.07, 6.45) is -9.81. The third-order valence-corrected chi connectivity index (χ3v) is 21.6. The lowest BCUT2D eigenvalue weighted by molar-refractivity contribution is -0.386. The van der Waals surface area contributed by atoms with Crippen molar-refractivity contribution < 1.29 is 159 Å². The summed E-state index contributed by atoms with van der Waals surface area (Å²) in [5.41, 5.74) is 0. The Balaban J connectivity index is 1.44. The van der Waals surface area contributed by atoms with Crippen LogP contribution in [-0.4, -0.2) is 327 Å². The van der Waals surface area contributed by atoms with Crippen LogP contribution in [0.1, 0.15) is 245 Å². The molecule has 111 heavy (non-hydrogen) atoms. The summed E-state index contributed by atoms with van der Waals surface area (Å²) in [5.74, 6) is -13.7. The van der Waals surface area contributed by atoms with E-state index in [9.17, 15) is 116 Å². The van der Waals surface area contributed by atoms with Crippen molar-refractivity contribution in [2.75, 3.05) is 46.8 Å². The number of ether oxygens (including phenoxy) is 9. The summed E-state index contributed by atoms with van der Waals surface area (Å²) < 4.78 is 50.9. The highest BCUT2D eigenvalue weighted by Crippen LogP contribution is 2.40. The van der Waals surface area contributed by atoms with Gasteiger partial charge in [0.2, 0.25) is 17.7 Å². The van der Waals surface area contributed by atoms with E-state index in [1.807, 2.05) is 0 Å². The van der Waals surface area contributed by atoms with Crippen LogP contribution in [-0.2, 0) is 66.6 Å². The number of hydrogen-bond acceptors (Lipinski definition) is 30. The van der Waals surface area contributed by atoms with Gasteiger partial charge in [-0.25, -0.2) is 9.59 Å². The Morgan fingerprint density at radius 1 is 0.495 bits per heavy atom. The van der Waals surface area contributed by atoms with Crippen molar-refractivity contribution in [2.24, 2.45) is 0 Å². The zero-order chi connectivity index (χ0) is 82.2. The number of carbonyl (C=O) groups excluding carboxylic acids is 3. The number of carboxylic acid groups (broad SMARTS) is 2. The van der Waals surface area contributed by atoms with E-state index in [-0.39, 0.29) is 12.8 Å². The zero-order valence-corrected chi connectivity index (χ0v) is 65.6. The summed E-state index contributed by atoms with van der Waals surface area (Å²) in [4.78, 5) is 65.9. The predicted octanol–water partition coefficient (Wildman–Crippen LogP) is 0.0818. The molecule has 0 radical (unpaired) electrons. The molecule has 35 heteroatoms. The van der Waals surface area contributed by atoms with Crippen molar-refractivity contribution in [3.63, 3.8) is 0 Å². The second kappa shape index (κ2) is 53.6. The third kappa shape index (κ3) is 32.3. The Bertz CT molecular complexity index is 2550. The van der Waals surface area contributed by atoms with Gasteiger partial charge in [-0.15, -0.1) is 0 Å². The number of rotatable bonds is 60. The van der Waals surface area contributed by atoms with E-state index in [4.69, 9.17) is 42.6 Å². The molecule has 0 aliphatic carbocycles. The molecule has 4 aliphatic rings. The van der Waals surface area contributed by atoms with Gasteiger partial charge in [0, 0.05) is 26.9 Å². The fourth-order valence-electron chi connectivity index (χ4n) is 14.8. The minimum atomic E-state index is -3.39. The van der Waals surface area contributed by atoms with Crippen LogP contribution in [0.15, 0.2) is 0 Å². The van der Waals surface area contributed by atoms with Crippen LogP contribution in [0.25, 0.3) is 0 Å². The SMILES string of the molecule is CCCCCCCCCCCCCCCCCCCCCCC(O)C(=O)NC(COC1OC(CO)C(OC2OC(CO)C(O)C(OC3(C(=O)O)CC(O)C(NC(=O)COC4(C(=O)O)CC(O)C(NC(C)=O)C(C(O)C(CO)OC)O4)C(C(O)C(O)CO)O3)C2O)C(O)C1O)C(O)C(O)CCCCCCCCCCCCC. The molecule has 26 atom stereocenters. The smallest absolute Gasteiger partial charge is 0.364 e. The maximum absolute atomic E-state index is 13.8. The van der Waals surface area contributed by atoms with Gasteiger partial charge in [0.05, 0.1) is 69.5 Å². The molecule has 0 aromatic heterocycles. The summed E-state index contributed by atoms with van der Waals surface area (Å²) in [6, 6.07) is -5.11. The number of nitrogens with one attached hydrogen (secondary N) is 3. The van der Waals surface area contributed by atoms with Crippen molar-refractivity contribution in [3.05, 3.63) is 0 Å². The molecule has 0 saturated carbocycles. The molecule has 0 aromatic carbocycles. The largest absolute Gasteiger partial charge is 0.477 e. The Kier molecular flexibility index (Phi) is 48.2. The minimum absolute atomic E-state index is 0.0898. The van der Waals surface area contributed by atoms with Crippen molar-refractivity contribution >= 4 is 29.7 Å². The van der Waals surface area contributed by atoms with Crippen LogP contribution in [0.3, 0.4) is 0 Å². The number of unbranched alkanes of at least 4 members (excludes halogenated alkanes) is 29. The van der Waals surface area contributed by atoms with E-state index in [0.29, 0.717) is 12.8 Å². The monoisotopic (exact) mass is 1610 g/mol. The fraction of sp³-hybridized carbons (Fsp3) is 0.934. The molecule has 0 spiro atoms. The number of aliphatic hydroxyl groups excluding tert-OH is 16. The maximum Gasteiger partial charge on any atom is 0.364 e. The normalized spacial score (nSPS) is 30.7. The van der Waals surface area contributed by atoms with E-state index >= 15 is 0 Å². The quantitative estimate of drug-likeness (QED) is 0.0359. The first-order valence-electron chi connectivity index (χ1n) is 40.8. The molecular weight excluding hydrogens is 1470 g/mol. The highest BCUT2D eigenvalue weighted by molar-refractivity contribution is 5.81. The number of hydrogen-bond donors (Lipinski definition) is 21. The van der Waals surface area contributed by atoms with Crippen molar-refractivity contribution in [1.82, 2.24) is 16.0 Å². The van der Waals surface area contributed by atoms with Gasteiger partial charge < -0.3 is 150 Å². The van der Waals surface area contributed by atoms with Gasteiger partial charge in [0.25, 0.3) is 11.6 Å². The first kappa shape index (κ1) is 99.7. The number of methoxy groups -OCH3 is 1. The standard InChI is InChI=1S/C76H139N3O32/c1-5-7-9-11-13-15-17-18-19-20-21-22-23-24-25-27-29-31-33-35-37-49(86)70(98)78-47(59(91)48(85)36-34-32-30-28-26-16-14-12-10-8-6-2)44-104-71-64(96)63(95)66(55(43-83)107-71)108-72-65(97)69(62(94)54(42-82)106-72)111-76(74(101)102)39-51(88)58(67(110-76)60(92)52(89)40-80)79-56(90)45-105-75(73(99)100)38-50(87)57(77-46(3)84)68(109-75)61(93)53(41-81)103-4/h47-55,57-69,71-72,80-83,85-89,91-97H,5-45H2,1-4H3,(H,77,84)(H,78,98)(H,79,90)(H,99,100)(H,101,102). The molecule has 4 heterocycles. The second-order valence-electron chi connectivity index (χ2n) is 30.6. The highest BCUT2D eigenvalue weighted by atomic mass is 16.8. The molecule has 0 aromatic rings. The summed E-state index contributed by atoms with van der Waals surface area (Å²) in [5, 5.41) is 206. The lowest BCUT2D eigenvalue weighted by Gasteiger charge is -2.50. The van der Waals surface area contributed by atoms with Crippen LogP contribution < -0.4 is 16.0 Å². The van der Waals surface area contributed by atoms with E-state index in [1.165, 1.54) is 122 Å².